The Morgan fingerprint density at radius 2 is 0.769 bits per heavy atom. The quantitative estimate of drug-likeness (QED) is 0.485. The van der Waals surface area contributed by atoms with Crippen LogP contribution in [0.5, 0.6) is 0 Å². The predicted molar refractivity (Wildman–Crippen MR) is 58.8 cm³/mol. The Labute approximate surface area is 111 Å². The standard InChI is InChI=1S/2C4H10.C4H4.Y/c2*1-4(2)3;1-3-4-2;/h2*4H,1-3H3;1-4H;/q;;-2;. The van der Waals surface area contributed by atoms with Gasteiger partial charge in [-0.3, -0.25) is 0 Å². The molecule has 0 aromatic heterocycles. The second kappa shape index (κ2) is 22.9. The van der Waals surface area contributed by atoms with Crippen LogP contribution in [0, 0.1) is 25.0 Å². The molecule has 0 fully saturated rings. The summed E-state index contributed by atoms with van der Waals surface area (Å²) in [6, 6.07) is 0. The first-order chi connectivity index (χ1) is 5.38. The number of rotatable bonds is 1. The molecule has 0 saturated heterocycles. The molecule has 0 rings (SSSR count). The van der Waals surface area contributed by atoms with Crippen molar-refractivity contribution in [1.82, 2.24) is 0 Å². The van der Waals surface area contributed by atoms with Crippen LogP contribution in [-0.2, 0) is 32.7 Å². The van der Waals surface area contributed by atoms with Crippen molar-refractivity contribution in [3.63, 3.8) is 0 Å². The zero-order chi connectivity index (χ0) is 10.6. The van der Waals surface area contributed by atoms with Gasteiger partial charge in [0.15, 0.2) is 0 Å². The molecule has 0 aromatic carbocycles. The molecule has 0 bridgehead atoms. The summed E-state index contributed by atoms with van der Waals surface area (Å²) in [4.78, 5) is 0. The van der Waals surface area contributed by atoms with E-state index in [1.807, 2.05) is 0 Å². The summed E-state index contributed by atoms with van der Waals surface area (Å²) in [7, 11) is 0. The molecule has 0 heterocycles. The van der Waals surface area contributed by atoms with E-state index in [1.54, 1.807) is 0 Å². The summed E-state index contributed by atoms with van der Waals surface area (Å²) >= 11 is 0. The minimum absolute atomic E-state index is 0. The first-order valence-electron chi connectivity index (χ1n) is 4.46. The van der Waals surface area contributed by atoms with Gasteiger partial charge in [-0.25, -0.2) is 0 Å². The first kappa shape index (κ1) is 23.4. The predicted octanol–water partition coefficient (Wildman–Crippen LogP) is 4.29. The van der Waals surface area contributed by atoms with Crippen LogP contribution >= 0.6 is 0 Å². The van der Waals surface area contributed by atoms with Gasteiger partial charge in [-0.1, -0.05) is 41.5 Å². The molecule has 0 N–H and O–H groups in total. The van der Waals surface area contributed by atoms with E-state index in [4.69, 9.17) is 13.2 Å². The molecule has 77 valence electrons. The molecule has 0 aromatic rings. The fourth-order valence-corrected chi connectivity index (χ4v) is 0. The number of hydrogen-bond acceptors (Lipinski definition) is 0. The Hall–Kier alpha value is 0.584. The van der Waals surface area contributed by atoms with Gasteiger partial charge < -0.3 is 25.3 Å². The first-order valence-corrected chi connectivity index (χ1v) is 4.46. The fourth-order valence-electron chi connectivity index (χ4n) is 0. The topological polar surface area (TPSA) is 0 Å². The van der Waals surface area contributed by atoms with Gasteiger partial charge in [0, 0.05) is 32.7 Å². The molecule has 1 radical (unpaired) electrons. The van der Waals surface area contributed by atoms with E-state index >= 15 is 0 Å². The number of allylic oxidation sites excluding steroid dienone is 2. The third kappa shape index (κ3) is 562. The van der Waals surface area contributed by atoms with Crippen LogP contribution in [0.4, 0.5) is 0 Å². The fraction of sp³-hybridized carbons (Fsp3) is 0.667. The summed E-state index contributed by atoms with van der Waals surface area (Å²) in [5, 5.41) is 0. The average Bonchev–Trinajstić information content (AvgIpc) is 1.85. The van der Waals surface area contributed by atoms with Gasteiger partial charge >= 0.3 is 0 Å². The maximum atomic E-state index is 4.72. The van der Waals surface area contributed by atoms with Crippen LogP contribution in [0.3, 0.4) is 0 Å². The van der Waals surface area contributed by atoms with E-state index in [0.29, 0.717) is 0 Å². The minimum Gasteiger partial charge on any atom is -0.394 e. The molecule has 0 atom stereocenters. The van der Waals surface area contributed by atoms with E-state index in [9.17, 15) is 0 Å². The van der Waals surface area contributed by atoms with Gasteiger partial charge in [0.25, 0.3) is 0 Å². The molecule has 0 aliphatic rings. The van der Waals surface area contributed by atoms with Crippen LogP contribution < -0.4 is 0 Å². The van der Waals surface area contributed by atoms with Crippen molar-refractivity contribution >= 4 is 0 Å². The minimum atomic E-state index is 0. The van der Waals surface area contributed by atoms with Crippen molar-refractivity contribution in [1.29, 1.82) is 0 Å². The monoisotopic (exact) mass is 257 g/mol. The average molecular weight is 257 g/mol. The van der Waals surface area contributed by atoms with Crippen molar-refractivity contribution in [3.05, 3.63) is 25.3 Å². The largest absolute Gasteiger partial charge is 0.394 e. The molecule has 1 heteroatoms. The van der Waals surface area contributed by atoms with Crippen molar-refractivity contribution in [2.75, 3.05) is 0 Å². The third-order valence-electron chi connectivity index (χ3n) is 0.111. The van der Waals surface area contributed by atoms with E-state index in [1.165, 1.54) is 12.2 Å². The van der Waals surface area contributed by atoms with Crippen molar-refractivity contribution in [2.45, 2.75) is 41.5 Å². The summed E-state index contributed by atoms with van der Waals surface area (Å²) < 4.78 is 0. The van der Waals surface area contributed by atoms with Gasteiger partial charge in [0.2, 0.25) is 0 Å². The molecule has 0 nitrogen and oxygen atoms in total. The molecular formula is C12H24Y-2. The van der Waals surface area contributed by atoms with E-state index < -0.39 is 0 Å². The third-order valence-corrected chi connectivity index (χ3v) is 0.111. The zero-order valence-electron chi connectivity index (χ0n) is 10.0. The SMILES string of the molecule is CC(C)C.CC(C)C.[CH-]=CC=[CH-].[Y]. The van der Waals surface area contributed by atoms with Crippen molar-refractivity contribution < 1.29 is 32.7 Å². The maximum absolute atomic E-state index is 4.72. The molecule has 0 amide bonds. The molecule has 0 aliphatic carbocycles. The van der Waals surface area contributed by atoms with E-state index in [2.05, 4.69) is 41.5 Å². The molecule has 0 saturated carbocycles. The Balaban J connectivity index is -0.0000000450. The van der Waals surface area contributed by atoms with Crippen LogP contribution in [0.25, 0.3) is 0 Å². The van der Waals surface area contributed by atoms with Crippen LogP contribution in [-0.4, -0.2) is 0 Å². The second-order valence-electron chi connectivity index (χ2n) is 3.85. The maximum Gasteiger partial charge on any atom is 0 e. The summed E-state index contributed by atoms with van der Waals surface area (Å²) in [6.45, 7) is 22.4. The van der Waals surface area contributed by atoms with Crippen LogP contribution in [0.1, 0.15) is 41.5 Å². The smallest absolute Gasteiger partial charge is 0 e. The van der Waals surface area contributed by atoms with Gasteiger partial charge in [0.05, 0.1) is 0 Å². The Bertz CT molecular complexity index is 65.6. The molecule has 0 spiro atoms. The molecule has 0 aliphatic heterocycles. The van der Waals surface area contributed by atoms with Crippen molar-refractivity contribution in [2.24, 2.45) is 11.8 Å². The Morgan fingerprint density at radius 3 is 0.769 bits per heavy atom. The van der Waals surface area contributed by atoms with Gasteiger partial charge in [-0.05, 0) is 11.8 Å². The molecule has 13 heavy (non-hydrogen) atoms. The summed E-state index contributed by atoms with van der Waals surface area (Å²) in [6.07, 6.45) is 2.56. The van der Waals surface area contributed by atoms with Gasteiger partial charge in [-0.15, -0.1) is 0 Å². The Kier molecular flexibility index (Phi) is 41.3. The number of hydrogen-bond donors (Lipinski definition) is 0. The molecular weight excluding hydrogens is 233 g/mol. The summed E-state index contributed by atoms with van der Waals surface area (Å²) in [5.41, 5.74) is 0. The van der Waals surface area contributed by atoms with Crippen molar-refractivity contribution in [3.8, 4) is 0 Å². The summed E-state index contributed by atoms with van der Waals surface area (Å²) in [5.74, 6) is 1.67. The molecule has 0 unspecified atom stereocenters. The zero-order valence-corrected chi connectivity index (χ0v) is 12.9. The normalized spacial score (nSPS) is 7.08. The van der Waals surface area contributed by atoms with Crippen LogP contribution in [0.15, 0.2) is 12.2 Å². The Morgan fingerprint density at radius 1 is 0.692 bits per heavy atom. The van der Waals surface area contributed by atoms with E-state index in [-0.39, 0.29) is 32.7 Å². The van der Waals surface area contributed by atoms with Gasteiger partial charge in [0.1, 0.15) is 0 Å². The van der Waals surface area contributed by atoms with Crippen LogP contribution in [0.2, 0.25) is 0 Å². The van der Waals surface area contributed by atoms with Gasteiger partial charge in [-0.2, -0.15) is 0 Å². The van der Waals surface area contributed by atoms with E-state index in [0.717, 1.165) is 11.8 Å². The second-order valence-corrected chi connectivity index (χ2v) is 3.85.